The second kappa shape index (κ2) is 9.63. The predicted octanol–water partition coefficient (Wildman–Crippen LogP) is 1.99. The number of nitrogens with two attached hydrogens (primary N) is 1. The molecule has 1 aliphatic rings. The average Bonchev–Trinajstić information content (AvgIpc) is 2.57. The second-order valence-electron chi connectivity index (χ2n) is 7.26. The summed E-state index contributed by atoms with van der Waals surface area (Å²) in [4.78, 5) is 6.85. The van der Waals surface area contributed by atoms with Crippen molar-refractivity contribution in [1.82, 2.24) is 10.2 Å². The summed E-state index contributed by atoms with van der Waals surface area (Å²) in [5.41, 5.74) is 6.79. The van der Waals surface area contributed by atoms with E-state index in [-0.39, 0.29) is 5.60 Å². The van der Waals surface area contributed by atoms with Crippen LogP contribution in [0.15, 0.2) is 29.3 Å². The zero-order valence-electron chi connectivity index (χ0n) is 15.8. The predicted molar refractivity (Wildman–Crippen MR) is 102 cm³/mol. The summed E-state index contributed by atoms with van der Waals surface area (Å²) in [6.07, 6.45) is 1.04. The summed E-state index contributed by atoms with van der Waals surface area (Å²) in [6.45, 7) is 12.2. The highest BCUT2D eigenvalue weighted by Crippen LogP contribution is 2.23. The molecular weight excluding hydrogens is 316 g/mol. The molecule has 25 heavy (non-hydrogen) atoms. The number of rotatable bonds is 7. The molecule has 3 N–H and O–H groups in total. The van der Waals surface area contributed by atoms with Gasteiger partial charge in [0.1, 0.15) is 11.4 Å². The lowest BCUT2D eigenvalue weighted by Crippen LogP contribution is -2.39. The Kier molecular flexibility index (Phi) is 7.52. The topological polar surface area (TPSA) is 72.1 Å². The largest absolute Gasteiger partial charge is 0.488 e. The third kappa shape index (κ3) is 7.75. The van der Waals surface area contributed by atoms with Gasteiger partial charge in [-0.3, -0.25) is 4.90 Å². The molecule has 0 saturated carbocycles. The van der Waals surface area contributed by atoms with E-state index in [1.807, 2.05) is 45.0 Å². The Morgan fingerprint density at radius 1 is 1.28 bits per heavy atom. The minimum absolute atomic E-state index is 0.233. The minimum Gasteiger partial charge on any atom is -0.488 e. The first-order valence-electron chi connectivity index (χ1n) is 9.05. The smallest absolute Gasteiger partial charge is 0.188 e. The lowest BCUT2D eigenvalue weighted by molar-refractivity contribution is 0.0376. The van der Waals surface area contributed by atoms with Crippen molar-refractivity contribution in [3.8, 4) is 5.75 Å². The van der Waals surface area contributed by atoms with Crippen molar-refractivity contribution in [3.05, 3.63) is 29.8 Å². The zero-order chi connectivity index (χ0) is 18.1. The summed E-state index contributed by atoms with van der Waals surface area (Å²) in [7, 11) is 0. The first kappa shape index (κ1) is 19.5. The van der Waals surface area contributed by atoms with E-state index in [1.54, 1.807) is 0 Å². The molecule has 1 heterocycles. The van der Waals surface area contributed by atoms with Crippen LogP contribution in [-0.4, -0.2) is 55.9 Å². The number of hydrogen-bond acceptors (Lipinski definition) is 4. The van der Waals surface area contributed by atoms with Gasteiger partial charge in [0.15, 0.2) is 5.96 Å². The molecular formula is C19H32N4O2. The highest BCUT2D eigenvalue weighted by molar-refractivity contribution is 5.77. The molecule has 0 radical (unpaired) electrons. The summed E-state index contributed by atoms with van der Waals surface area (Å²) in [5, 5.41) is 3.19. The monoisotopic (exact) mass is 348 g/mol. The molecule has 1 aliphatic heterocycles. The molecule has 1 aromatic rings. The van der Waals surface area contributed by atoms with E-state index in [0.717, 1.165) is 57.1 Å². The van der Waals surface area contributed by atoms with Crippen molar-refractivity contribution in [1.29, 1.82) is 0 Å². The quantitative estimate of drug-likeness (QED) is 0.448. The molecule has 0 bridgehead atoms. The van der Waals surface area contributed by atoms with Crippen molar-refractivity contribution in [2.45, 2.75) is 39.3 Å². The molecule has 6 nitrogen and oxygen atoms in total. The molecule has 2 rings (SSSR count). The molecule has 1 saturated heterocycles. The highest BCUT2D eigenvalue weighted by atomic mass is 16.5. The van der Waals surface area contributed by atoms with Crippen LogP contribution in [0.5, 0.6) is 5.75 Å². The number of benzene rings is 1. The van der Waals surface area contributed by atoms with Crippen LogP contribution >= 0.6 is 0 Å². The summed E-state index contributed by atoms with van der Waals surface area (Å²) in [5.74, 6) is 1.34. The Balaban J connectivity index is 1.75. The zero-order valence-corrected chi connectivity index (χ0v) is 15.8. The maximum atomic E-state index is 5.98. The fraction of sp³-hybridized carbons (Fsp3) is 0.632. The fourth-order valence-corrected chi connectivity index (χ4v) is 2.63. The minimum atomic E-state index is -0.233. The van der Waals surface area contributed by atoms with Crippen LogP contribution in [0.3, 0.4) is 0 Å². The molecule has 1 aromatic carbocycles. The van der Waals surface area contributed by atoms with Gasteiger partial charge in [0, 0.05) is 25.2 Å². The van der Waals surface area contributed by atoms with E-state index in [1.165, 1.54) is 0 Å². The Morgan fingerprint density at radius 2 is 2.00 bits per heavy atom. The van der Waals surface area contributed by atoms with Gasteiger partial charge in [0.05, 0.1) is 19.8 Å². The number of ether oxygens (including phenoxy) is 2. The lowest BCUT2D eigenvalue weighted by Gasteiger charge is -2.26. The van der Waals surface area contributed by atoms with Crippen molar-refractivity contribution >= 4 is 5.96 Å². The average molecular weight is 348 g/mol. The molecule has 0 spiro atoms. The van der Waals surface area contributed by atoms with Crippen LogP contribution in [0.4, 0.5) is 0 Å². The second-order valence-corrected chi connectivity index (χ2v) is 7.26. The number of hydrogen-bond donors (Lipinski definition) is 2. The Hall–Kier alpha value is -1.79. The van der Waals surface area contributed by atoms with Crippen LogP contribution in [0, 0.1) is 0 Å². The van der Waals surface area contributed by atoms with E-state index in [4.69, 9.17) is 15.2 Å². The fourth-order valence-electron chi connectivity index (χ4n) is 2.63. The molecule has 0 aromatic heterocycles. The van der Waals surface area contributed by atoms with E-state index in [9.17, 15) is 0 Å². The Labute approximate surface area is 151 Å². The van der Waals surface area contributed by atoms with E-state index in [2.05, 4.69) is 15.2 Å². The number of nitrogens with one attached hydrogen (secondary N) is 1. The van der Waals surface area contributed by atoms with Gasteiger partial charge in [-0.15, -0.1) is 0 Å². The first-order valence-corrected chi connectivity index (χ1v) is 9.05. The van der Waals surface area contributed by atoms with Gasteiger partial charge < -0.3 is 20.5 Å². The van der Waals surface area contributed by atoms with Gasteiger partial charge >= 0.3 is 0 Å². The molecule has 140 valence electrons. The lowest BCUT2D eigenvalue weighted by atomic mass is 10.1. The van der Waals surface area contributed by atoms with Crippen LogP contribution < -0.4 is 15.8 Å². The molecule has 0 unspecified atom stereocenters. The SMILES string of the molecule is CC(C)(C)Oc1ccccc1CN=C(N)NCCCN1CCOCC1. The van der Waals surface area contributed by atoms with Gasteiger partial charge in [0.2, 0.25) is 0 Å². The Bertz CT molecular complexity index is 549. The highest BCUT2D eigenvalue weighted by Gasteiger charge is 2.14. The molecule has 0 aliphatic carbocycles. The maximum absolute atomic E-state index is 5.98. The first-order chi connectivity index (χ1) is 11.9. The van der Waals surface area contributed by atoms with E-state index in [0.29, 0.717) is 12.5 Å². The van der Waals surface area contributed by atoms with Crippen molar-refractivity contribution in [3.63, 3.8) is 0 Å². The van der Waals surface area contributed by atoms with Crippen molar-refractivity contribution in [2.24, 2.45) is 10.7 Å². The number of para-hydroxylation sites is 1. The maximum Gasteiger partial charge on any atom is 0.188 e. The standard InChI is InChI=1S/C19H32N4O2/c1-19(2,3)25-17-8-5-4-7-16(17)15-22-18(20)21-9-6-10-23-11-13-24-14-12-23/h4-5,7-8H,6,9-15H2,1-3H3,(H3,20,21,22). The summed E-state index contributed by atoms with van der Waals surface area (Å²) >= 11 is 0. The summed E-state index contributed by atoms with van der Waals surface area (Å²) in [6, 6.07) is 7.96. The van der Waals surface area contributed by atoms with E-state index < -0.39 is 0 Å². The molecule has 0 amide bonds. The van der Waals surface area contributed by atoms with Crippen LogP contribution in [0.25, 0.3) is 0 Å². The molecule has 1 fully saturated rings. The van der Waals surface area contributed by atoms with Crippen LogP contribution in [-0.2, 0) is 11.3 Å². The van der Waals surface area contributed by atoms with Crippen molar-refractivity contribution < 1.29 is 9.47 Å². The van der Waals surface area contributed by atoms with Gasteiger partial charge in [-0.05, 0) is 39.8 Å². The van der Waals surface area contributed by atoms with E-state index >= 15 is 0 Å². The molecule has 6 heteroatoms. The van der Waals surface area contributed by atoms with Gasteiger partial charge in [-0.1, -0.05) is 18.2 Å². The third-order valence-electron chi connectivity index (χ3n) is 3.87. The number of nitrogens with zero attached hydrogens (tertiary/aromatic N) is 2. The van der Waals surface area contributed by atoms with Crippen molar-refractivity contribution in [2.75, 3.05) is 39.4 Å². The normalized spacial score (nSPS) is 16.7. The van der Waals surface area contributed by atoms with Gasteiger partial charge in [-0.2, -0.15) is 0 Å². The van der Waals surface area contributed by atoms with Crippen LogP contribution in [0.1, 0.15) is 32.8 Å². The third-order valence-corrected chi connectivity index (χ3v) is 3.87. The number of aliphatic imine (C=N–C) groups is 1. The Morgan fingerprint density at radius 3 is 2.72 bits per heavy atom. The van der Waals surface area contributed by atoms with Crippen LogP contribution in [0.2, 0.25) is 0 Å². The number of guanidine groups is 1. The van der Waals surface area contributed by atoms with Gasteiger partial charge in [0.25, 0.3) is 0 Å². The van der Waals surface area contributed by atoms with Gasteiger partial charge in [-0.25, -0.2) is 4.99 Å². The molecule has 0 atom stereocenters. The number of morpholine rings is 1. The summed E-state index contributed by atoms with van der Waals surface area (Å²) < 4.78 is 11.3.